The first-order chi connectivity index (χ1) is 17.5. The first-order valence-electron chi connectivity index (χ1n) is 13.0. The summed E-state index contributed by atoms with van der Waals surface area (Å²) in [6, 6.07) is 25.2. The number of fused-ring (bicyclic) bond motifs is 3. The molecule has 4 aromatic rings. The number of rotatable bonds is 3. The van der Waals surface area contributed by atoms with E-state index in [1.54, 1.807) is 6.07 Å². The summed E-state index contributed by atoms with van der Waals surface area (Å²) in [6.07, 6.45) is 4.54. The number of amides is 1. The van der Waals surface area contributed by atoms with Crippen LogP contribution in [0.2, 0.25) is 0 Å². The highest BCUT2D eigenvalue weighted by molar-refractivity contribution is 5.87. The molecule has 0 radical (unpaired) electrons. The third-order valence-electron chi connectivity index (χ3n) is 7.92. The molecule has 1 amide bonds. The predicted molar refractivity (Wildman–Crippen MR) is 145 cm³/mol. The zero-order valence-electron chi connectivity index (χ0n) is 20.7. The molecule has 4 heteroatoms. The maximum absolute atomic E-state index is 13.5. The SMILES string of the molecule is Cc1cc(O)cc2c1CC(C(=O)NC1CCCc3ccc(-c4ccc5ccccc5c4)cc31)NCC2. The molecule has 6 rings (SSSR count). The molecule has 1 heterocycles. The van der Waals surface area contributed by atoms with Gasteiger partial charge in [-0.05, 0) is 120 Å². The fraction of sp³-hybridized carbons (Fsp3) is 0.281. The quantitative estimate of drug-likeness (QED) is 0.352. The summed E-state index contributed by atoms with van der Waals surface area (Å²) in [5.41, 5.74) is 8.34. The largest absolute Gasteiger partial charge is 0.508 e. The second-order valence-electron chi connectivity index (χ2n) is 10.3. The minimum Gasteiger partial charge on any atom is -0.508 e. The summed E-state index contributed by atoms with van der Waals surface area (Å²) in [5, 5.41) is 19.3. The number of aryl methyl sites for hydroxylation is 2. The summed E-state index contributed by atoms with van der Waals surface area (Å²) in [4.78, 5) is 13.5. The number of carbonyl (C=O) groups is 1. The summed E-state index contributed by atoms with van der Waals surface area (Å²) >= 11 is 0. The Hall–Kier alpha value is -3.63. The molecule has 2 unspecified atom stereocenters. The van der Waals surface area contributed by atoms with Crippen molar-refractivity contribution in [1.82, 2.24) is 10.6 Å². The molecule has 182 valence electrons. The number of hydrogen-bond donors (Lipinski definition) is 3. The topological polar surface area (TPSA) is 61.4 Å². The number of aromatic hydroxyl groups is 1. The highest BCUT2D eigenvalue weighted by atomic mass is 16.3. The van der Waals surface area contributed by atoms with E-state index in [9.17, 15) is 9.90 Å². The van der Waals surface area contributed by atoms with Gasteiger partial charge < -0.3 is 15.7 Å². The summed E-state index contributed by atoms with van der Waals surface area (Å²) < 4.78 is 0. The van der Waals surface area contributed by atoms with E-state index in [2.05, 4.69) is 71.3 Å². The average Bonchev–Trinajstić information content (AvgIpc) is 3.11. The lowest BCUT2D eigenvalue weighted by molar-refractivity contribution is -0.124. The maximum atomic E-state index is 13.5. The standard InChI is InChI=1S/C32H32N2O2/c1-20-15-27(35)17-26-13-14-33-31(19-28(20)26)32(36)34-30-8-4-7-22-10-12-25(18-29(22)30)24-11-9-21-5-2-3-6-23(21)16-24/h2-3,5-6,9-12,15-18,30-31,33,35H,4,7-8,13-14,19H2,1H3,(H,34,36). The van der Waals surface area contributed by atoms with Crippen LogP contribution in [-0.2, 0) is 24.1 Å². The molecule has 4 nitrogen and oxygen atoms in total. The van der Waals surface area contributed by atoms with E-state index in [1.165, 1.54) is 38.6 Å². The monoisotopic (exact) mass is 476 g/mol. The van der Waals surface area contributed by atoms with Crippen LogP contribution in [0.15, 0.2) is 72.8 Å². The van der Waals surface area contributed by atoms with Crippen molar-refractivity contribution in [2.24, 2.45) is 0 Å². The van der Waals surface area contributed by atoms with Crippen LogP contribution in [0.3, 0.4) is 0 Å². The van der Waals surface area contributed by atoms with Crippen LogP contribution in [0.25, 0.3) is 21.9 Å². The molecule has 0 aromatic heterocycles. The van der Waals surface area contributed by atoms with Crippen LogP contribution in [0.5, 0.6) is 5.75 Å². The Morgan fingerprint density at radius 3 is 2.61 bits per heavy atom. The van der Waals surface area contributed by atoms with Gasteiger partial charge in [-0.2, -0.15) is 0 Å². The van der Waals surface area contributed by atoms with E-state index in [0.29, 0.717) is 12.2 Å². The second kappa shape index (κ2) is 9.44. The van der Waals surface area contributed by atoms with Crippen molar-refractivity contribution < 1.29 is 9.90 Å². The van der Waals surface area contributed by atoms with E-state index in [-0.39, 0.29) is 18.0 Å². The van der Waals surface area contributed by atoms with Crippen LogP contribution in [0.1, 0.15) is 46.7 Å². The third-order valence-corrected chi connectivity index (χ3v) is 7.92. The minimum atomic E-state index is -0.275. The van der Waals surface area contributed by atoms with E-state index in [4.69, 9.17) is 0 Å². The van der Waals surface area contributed by atoms with Crippen molar-refractivity contribution in [1.29, 1.82) is 0 Å². The van der Waals surface area contributed by atoms with Gasteiger partial charge in [0.25, 0.3) is 0 Å². The number of phenolic OH excluding ortho intramolecular Hbond substituents is 1. The van der Waals surface area contributed by atoms with Gasteiger partial charge in [0.05, 0.1) is 12.1 Å². The van der Waals surface area contributed by atoms with Crippen molar-refractivity contribution in [2.75, 3.05) is 6.54 Å². The van der Waals surface area contributed by atoms with E-state index in [0.717, 1.165) is 43.4 Å². The fourth-order valence-corrected chi connectivity index (χ4v) is 6.00. The van der Waals surface area contributed by atoms with Crippen molar-refractivity contribution in [3.63, 3.8) is 0 Å². The van der Waals surface area contributed by atoms with Gasteiger partial charge in [0.15, 0.2) is 0 Å². The van der Waals surface area contributed by atoms with Crippen LogP contribution < -0.4 is 10.6 Å². The zero-order chi connectivity index (χ0) is 24.6. The van der Waals surface area contributed by atoms with Gasteiger partial charge in [-0.15, -0.1) is 0 Å². The number of nitrogens with one attached hydrogen (secondary N) is 2. The lowest BCUT2D eigenvalue weighted by Gasteiger charge is -2.29. The lowest BCUT2D eigenvalue weighted by Crippen LogP contribution is -2.46. The molecule has 0 fully saturated rings. The Kier molecular flexibility index (Phi) is 5.98. The minimum absolute atomic E-state index is 0.0205. The first-order valence-corrected chi connectivity index (χ1v) is 13.0. The molecular weight excluding hydrogens is 444 g/mol. The Morgan fingerprint density at radius 2 is 1.72 bits per heavy atom. The van der Waals surface area contributed by atoms with Gasteiger partial charge in [-0.25, -0.2) is 0 Å². The summed E-state index contributed by atoms with van der Waals surface area (Å²) in [5.74, 6) is 0.361. The van der Waals surface area contributed by atoms with Crippen molar-refractivity contribution in [3.05, 3.63) is 101 Å². The summed E-state index contributed by atoms with van der Waals surface area (Å²) in [7, 11) is 0. The molecule has 4 aromatic carbocycles. The Labute approximate surface area is 212 Å². The number of hydrogen-bond acceptors (Lipinski definition) is 3. The average molecular weight is 477 g/mol. The van der Waals surface area contributed by atoms with E-state index in [1.807, 2.05) is 13.0 Å². The molecule has 0 saturated carbocycles. The van der Waals surface area contributed by atoms with Crippen molar-refractivity contribution in [2.45, 2.75) is 51.1 Å². The van der Waals surface area contributed by atoms with Gasteiger partial charge in [-0.1, -0.05) is 48.5 Å². The normalized spacial score (nSPS) is 19.2. The molecule has 0 saturated heterocycles. The molecule has 1 aliphatic heterocycles. The highest BCUT2D eigenvalue weighted by Crippen LogP contribution is 2.34. The molecular formula is C32H32N2O2. The van der Waals surface area contributed by atoms with Gasteiger partial charge in [0.2, 0.25) is 5.91 Å². The fourth-order valence-electron chi connectivity index (χ4n) is 6.00. The molecule has 36 heavy (non-hydrogen) atoms. The second-order valence-corrected chi connectivity index (χ2v) is 10.3. The van der Waals surface area contributed by atoms with Crippen molar-refractivity contribution >= 4 is 16.7 Å². The molecule has 2 aliphatic rings. The van der Waals surface area contributed by atoms with Crippen LogP contribution in [0, 0.1) is 6.92 Å². The Morgan fingerprint density at radius 1 is 0.917 bits per heavy atom. The van der Waals surface area contributed by atoms with E-state index >= 15 is 0 Å². The zero-order valence-corrected chi connectivity index (χ0v) is 20.7. The van der Waals surface area contributed by atoms with Gasteiger partial charge in [-0.3, -0.25) is 4.79 Å². The van der Waals surface area contributed by atoms with Crippen LogP contribution >= 0.6 is 0 Å². The smallest absolute Gasteiger partial charge is 0.237 e. The molecule has 0 bridgehead atoms. The van der Waals surface area contributed by atoms with Gasteiger partial charge >= 0.3 is 0 Å². The Balaban J connectivity index is 1.25. The Bertz CT molecular complexity index is 1460. The van der Waals surface area contributed by atoms with Crippen LogP contribution in [-0.4, -0.2) is 23.6 Å². The number of benzene rings is 4. The first kappa shape index (κ1) is 22.8. The van der Waals surface area contributed by atoms with Crippen molar-refractivity contribution in [3.8, 4) is 16.9 Å². The van der Waals surface area contributed by atoms with Gasteiger partial charge in [0.1, 0.15) is 5.75 Å². The summed E-state index contributed by atoms with van der Waals surface area (Å²) in [6.45, 7) is 2.74. The molecule has 2 atom stereocenters. The van der Waals surface area contributed by atoms with E-state index < -0.39 is 0 Å². The molecule has 0 spiro atoms. The third kappa shape index (κ3) is 4.38. The lowest BCUT2D eigenvalue weighted by atomic mass is 9.85. The maximum Gasteiger partial charge on any atom is 0.237 e. The van der Waals surface area contributed by atoms with Gasteiger partial charge in [0, 0.05) is 0 Å². The predicted octanol–water partition coefficient (Wildman–Crippen LogP) is 5.77. The molecule has 1 aliphatic carbocycles. The number of carbonyl (C=O) groups excluding carboxylic acids is 1. The number of phenols is 1. The molecule has 3 N–H and O–H groups in total. The van der Waals surface area contributed by atoms with Crippen LogP contribution in [0.4, 0.5) is 0 Å². The highest BCUT2D eigenvalue weighted by Gasteiger charge is 2.28.